The molecule has 1 heterocycles. The van der Waals surface area contributed by atoms with Gasteiger partial charge in [-0.15, -0.1) is 0 Å². The van der Waals surface area contributed by atoms with Crippen LogP contribution in [-0.2, 0) is 0 Å². The van der Waals surface area contributed by atoms with E-state index in [1.54, 1.807) is 18.3 Å². The summed E-state index contributed by atoms with van der Waals surface area (Å²) in [5.41, 5.74) is 0.631. The van der Waals surface area contributed by atoms with Crippen LogP contribution in [0.1, 0.15) is 24.2 Å². The first-order chi connectivity index (χ1) is 8.54. The Morgan fingerprint density at radius 1 is 1.50 bits per heavy atom. The molecule has 0 fully saturated rings. The Kier molecular flexibility index (Phi) is 5.58. The molecule has 1 aromatic rings. The second-order valence-corrected chi connectivity index (χ2v) is 4.48. The zero-order valence-corrected chi connectivity index (χ0v) is 11.5. The number of likely N-dealkylation sites (N-methyl/N-ethyl adjacent to an activating group) is 1. The van der Waals surface area contributed by atoms with Crippen molar-refractivity contribution in [3.05, 3.63) is 23.9 Å². The fourth-order valence-electron chi connectivity index (χ4n) is 1.37. The lowest BCUT2D eigenvalue weighted by atomic mass is 10.2. The summed E-state index contributed by atoms with van der Waals surface area (Å²) in [6.45, 7) is 5.48. The van der Waals surface area contributed by atoms with Crippen LogP contribution in [0.3, 0.4) is 0 Å². The van der Waals surface area contributed by atoms with E-state index in [4.69, 9.17) is 0 Å². The molecular formula is C13H22N4O. The van der Waals surface area contributed by atoms with Crippen molar-refractivity contribution >= 4 is 11.7 Å². The molecule has 0 aliphatic carbocycles. The predicted octanol–water partition coefficient (Wildman–Crippen LogP) is 1.19. The quantitative estimate of drug-likeness (QED) is 0.796. The Hall–Kier alpha value is -1.62. The van der Waals surface area contributed by atoms with Crippen molar-refractivity contribution in [1.29, 1.82) is 0 Å². The van der Waals surface area contributed by atoms with Crippen molar-refractivity contribution in [2.45, 2.75) is 19.9 Å². The minimum absolute atomic E-state index is 0.0646. The summed E-state index contributed by atoms with van der Waals surface area (Å²) in [7, 11) is 3.99. The maximum absolute atomic E-state index is 11.9. The molecule has 0 saturated heterocycles. The minimum Gasteiger partial charge on any atom is -0.370 e. The van der Waals surface area contributed by atoms with Crippen LogP contribution < -0.4 is 10.6 Å². The van der Waals surface area contributed by atoms with Crippen molar-refractivity contribution in [1.82, 2.24) is 15.2 Å². The molecule has 1 rings (SSSR count). The number of hydrogen-bond donors (Lipinski definition) is 2. The van der Waals surface area contributed by atoms with Gasteiger partial charge in [0.15, 0.2) is 0 Å². The van der Waals surface area contributed by atoms with Gasteiger partial charge in [-0.25, -0.2) is 4.98 Å². The zero-order valence-electron chi connectivity index (χ0n) is 11.5. The third-order valence-corrected chi connectivity index (χ3v) is 2.82. The summed E-state index contributed by atoms with van der Waals surface area (Å²) < 4.78 is 0. The van der Waals surface area contributed by atoms with Crippen LogP contribution >= 0.6 is 0 Å². The van der Waals surface area contributed by atoms with Crippen molar-refractivity contribution in [3.8, 4) is 0 Å². The number of amides is 1. The highest BCUT2D eigenvalue weighted by Crippen LogP contribution is 2.06. The molecule has 18 heavy (non-hydrogen) atoms. The average molecular weight is 250 g/mol. The maximum atomic E-state index is 11.9. The fourth-order valence-corrected chi connectivity index (χ4v) is 1.37. The summed E-state index contributed by atoms with van der Waals surface area (Å²) in [4.78, 5) is 18.1. The van der Waals surface area contributed by atoms with Crippen LogP contribution in [0.5, 0.6) is 0 Å². The Balaban J connectivity index is 2.58. The van der Waals surface area contributed by atoms with Crippen molar-refractivity contribution in [2.24, 2.45) is 0 Å². The van der Waals surface area contributed by atoms with Crippen LogP contribution in [0.25, 0.3) is 0 Å². The van der Waals surface area contributed by atoms with Gasteiger partial charge < -0.3 is 15.5 Å². The first-order valence-electron chi connectivity index (χ1n) is 6.19. The van der Waals surface area contributed by atoms with Gasteiger partial charge in [-0.2, -0.15) is 0 Å². The van der Waals surface area contributed by atoms with E-state index in [0.717, 1.165) is 12.4 Å². The van der Waals surface area contributed by atoms with Crippen LogP contribution in [0.2, 0.25) is 0 Å². The molecule has 1 aromatic heterocycles. The zero-order chi connectivity index (χ0) is 13.5. The normalized spacial score (nSPS) is 12.3. The molecule has 0 saturated carbocycles. The number of aromatic nitrogens is 1. The molecule has 0 spiro atoms. The Morgan fingerprint density at radius 2 is 2.22 bits per heavy atom. The molecule has 1 amide bonds. The molecule has 5 heteroatoms. The largest absolute Gasteiger partial charge is 0.370 e. The topological polar surface area (TPSA) is 57.3 Å². The number of pyridine rings is 1. The maximum Gasteiger partial charge on any atom is 0.251 e. The van der Waals surface area contributed by atoms with Gasteiger partial charge in [-0.1, -0.05) is 0 Å². The first kappa shape index (κ1) is 14.4. The van der Waals surface area contributed by atoms with Gasteiger partial charge in [0.1, 0.15) is 5.82 Å². The predicted molar refractivity (Wildman–Crippen MR) is 73.9 cm³/mol. The van der Waals surface area contributed by atoms with Crippen LogP contribution in [0.4, 0.5) is 5.82 Å². The number of carbonyl (C=O) groups excluding carboxylic acids is 1. The summed E-state index contributed by atoms with van der Waals surface area (Å²) in [5, 5.41) is 6.00. The summed E-state index contributed by atoms with van der Waals surface area (Å²) in [6.07, 6.45) is 1.64. The highest BCUT2D eigenvalue weighted by Gasteiger charge is 2.09. The average Bonchev–Trinajstić information content (AvgIpc) is 2.36. The third kappa shape index (κ3) is 4.33. The van der Waals surface area contributed by atoms with E-state index < -0.39 is 0 Å². The van der Waals surface area contributed by atoms with Gasteiger partial charge in [0.05, 0.1) is 0 Å². The molecule has 0 aromatic carbocycles. The van der Waals surface area contributed by atoms with E-state index in [1.165, 1.54) is 0 Å². The molecule has 0 aliphatic rings. The monoisotopic (exact) mass is 250 g/mol. The highest BCUT2D eigenvalue weighted by atomic mass is 16.1. The summed E-state index contributed by atoms with van der Waals surface area (Å²) >= 11 is 0. The van der Waals surface area contributed by atoms with E-state index >= 15 is 0 Å². The van der Waals surface area contributed by atoms with Gasteiger partial charge in [-0.05, 0) is 40.1 Å². The van der Waals surface area contributed by atoms with E-state index in [0.29, 0.717) is 18.2 Å². The highest BCUT2D eigenvalue weighted by molar-refractivity contribution is 5.94. The Bertz CT molecular complexity index is 392. The number of hydrogen-bond acceptors (Lipinski definition) is 4. The lowest BCUT2D eigenvalue weighted by molar-refractivity contribution is 0.0943. The second kappa shape index (κ2) is 6.96. The van der Waals surface area contributed by atoms with Crippen molar-refractivity contribution in [2.75, 3.05) is 32.5 Å². The van der Waals surface area contributed by atoms with Crippen molar-refractivity contribution in [3.63, 3.8) is 0 Å². The second-order valence-electron chi connectivity index (χ2n) is 4.48. The molecule has 2 N–H and O–H groups in total. The number of rotatable bonds is 6. The van der Waals surface area contributed by atoms with E-state index in [-0.39, 0.29) is 5.91 Å². The van der Waals surface area contributed by atoms with E-state index in [2.05, 4.69) is 27.4 Å². The van der Waals surface area contributed by atoms with Crippen LogP contribution in [0.15, 0.2) is 18.3 Å². The Labute approximate surface area is 109 Å². The molecule has 100 valence electrons. The smallest absolute Gasteiger partial charge is 0.251 e. The molecule has 5 nitrogen and oxygen atoms in total. The van der Waals surface area contributed by atoms with Crippen LogP contribution in [-0.4, -0.2) is 49.0 Å². The molecule has 0 aliphatic heterocycles. The Morgan fingerprint density at radius 3 is 2.83 bits per heavy atom. The molecule has 0 radical (unpaired) electrons. The summed E-state index contributed by atoms with van der Waals surface area (Å²) in [5.74, 6) is 0.663. The van der Waals surface area contributed by atoms with Gasteiger partial charge in [0, 0.05) is 30.9 Å². The first-order valence-corrected chi connectivity index (χ1v) is 6.19. The van der Waals surface area contributed by atoms with Gasteiger partial charge >= 0.3 is 0 Å². The molecular weight excluding hydrogens is 228 g/mol. The van der Waals surface area contributed by atoms with Crippen LogP contribution in [0, 0.1) is 0 Å². The number of anilines is 1. The third-order valence-electron chi connectivity index (χ3n) is 2.82. The lowest BCUT2D eigenvalue weighted by Gasteiger charge is -2.20. The molecule has 1 atom stereocenters. The summed E-state index contributed by atoms with van der Waals surface area (Å²) in [6, 6.07) is 3.79. The van der Waals surface area contributed by atoms with Crippen molar-refractivity contribution < 1.29 is 4.79 Å². The lowest BCUT2D eigenvalue weighted by Crippen LogP contribution is -2.38. The van der Waals surface area contributed by atoms with Gasteiger partial charge in [0.2, 0.25) is 0 Å². The minimum atomic E-state index is -0.0646. The number of carbonyl (C=O) groups is 1. The molecule has 1 unspecified atom stereocenters. The van der Waals surface area contributed by atoms with E-state index in [1.807, 2.05) is 21.0 Å². The van der Waals surface area contributed by atoms with Gasteiger partial charge in [0.25, 0.3) is 5.91 Å². The van der Waals surface area contributed by atoms with Gasteiger partial charge in [-0.3, -0.25) is 4.79 Å². The molecule has 0 bridgehead atoms. The fraction of sp³-hybridized carbons (Fsp3) is 0.538. The SMILES string of the molecule is CCNc1cc(C(=O)NCC(C)N(C)C)ccn1. The van der Waals surface area contributed by atoms with E-state index in [9.17, 15) is 4.79 Å². The number of nitrogens with zero attached hydrogens (tertiary/aromatic N) is 2. The standard InChI is InChI=1S/C13H22N4O/c1-5-14-12-8-11(6-7-15-12)13(18)16-9-10(2)17(3)4/h6-8,10H,5,9H2,1-4H3,(H,14,15)(H,16,18). The number of nitrogens with one attached hydrogen (secondary N) is 2.